The number of aliphatic hydroxyl groups excluding tert-OH is 5. The first-order valence-corrected chi connectivity index (χ1v) is 9.05. The lowest BCUT2D eigenvalue weighted by Crippen LogP contribution is -2.49. The van der Waals surface area contributed by atoms with Crippen LogP contribution in [0.5, 0.6) is 0 Å². The highest BCUT2D eigenvalue weighted by Gasteiger charge is 2.36. The van der Waals surface area contributed by atoms with Gasteiger partial charge < -0.3 is 25.5 Å². The molecule has 0 rings (SSSR count). The minimum absolute atomic E-state index is 0.00176. The fourth-order valence-corrected chi connectivity index (χ4v) is 2.48. The van der Waals surface area contributed by atoms with Crippen molar-refractivity contribution in [1.29, 1.82) is 0 Å². The Hall–Kier alpha value is -0.860. The Kier molecular flexibility index (Phi) is 12.7. The molecular weight excluding hydrogens is 328 g/mol. The third-order valence-electron chi connectivity index (χ3n) is 4.19. The quantitative estimate of drug-likeness (QED) is 0.199. The highest BCUT2D eigenvalue weighted by molar-refractivity contribution is 6.06. The van der Waals surface area contributed by atoms with Crippen LogP contribution in [0.4, 0.5) is 0 Å². The van der Waals surface area contributed by atoms with E-state index in [9.17, 15) is 30.0 Å². The van der Waals surface area contributed by atoms with E-state index in [4.69, 9.17) is 6.48 Å². The Balaban J connectivity index is 3.90. The molecule has 0 aliphatic carbocycles. The van der Waals surface area contributed by atoms with Crippen molar-refractivity contribution in [3.63, 3.8) is 0 Å². The van der Waals surface area contributed by atoms with Crippen LogP contribution in [-0.2, 0) is 9.59 Å². The Labute approximate surface area is 151 Å². The van der Waals surface area contributed by atoms with Gasteiger partial charge in [0.1, 0.15) is 18.3 Å². The van der Waals surface area contributed by atoms with Crippen LogP contribution >= 0.6 is 0 Å². The molecule has 0 radical (unpaired) electrons. The molecule has 0 aliphatic rings. The van der Waals surface area contributed by atoms with Gasteiger partial charge in [-0.1, -0.05) is 58.3 Å². The van der Waals surface area contributed by atoms with Gasteiger partial charge >= 0.3 is 0 Å². The molecule has 0 heterocycles. The summed E-state index contributed by atoms with van der Waals surface area (Å²) in [5.74, 6) is -2.00. The van der Waals surface area contributed by atoms with Crippen molar-refractivity contribution in [3.05, 3.63) is 0 Å². The van der Waals surface area contributed by atoms with Gasteiger partial charge in [-0.3, -0.25) is 9.59 Å². The van der Waals surface area contributed by atoms with E-state index in [0.717, 1.165) is 51.4 Å². The topological polar surface area (TPSA) is 135 Å². The molecule has 0 aromatic carbocycles. The number of hydrogen-bond acceptors (Lipinski definition) is 7. The molecule has 0 aromatic heterocycles. The molecule has 0 aromatic rings. The summed E-state index contributed by atoms with van der Waals surface area (Å²) >= 11 is 0. The van der Waals surface area contributed by atoms with E-state index in [1.165, 1.54) is 0 Å². The number of aliphatic hydroxyl groups is 5. The molecule has 1 unspecified atom stereocenters. The number of ketones is 2. The molecule has 0 spiro atoms. The van der Waals surface area contributed by atoms with Crippen molar-refractivity contribution >= 4 is 11.6 Å². The molecule has 148 valence electrons. The number of carbonyl (C=O) groups excluding carboxylic acids is 2. The fourth-order valence-electron chi connectivity index (χ4n) is 2.48. The smallest absolute Gasteiger partial charge is 0.199 e. The zero-order valence-corrected chi connectivity index (χ0v) is 14.8. The molecular formula is C18H34O7. The summed E-state index contributed by atoms with van der Waals surface area (Å²) in [7, 11) is 0. The van der Waals surface area contributed by atoms with E-state index in [2.05, 4.69) is 0 Å². The van der Waals surface area contributed by atoms with Gasteiger partial charge in [0.15, 0.2) is 17.7 Å². The summed E-state index contributed by atoms with van der Waals surface area (Å²) in [6.07, 6.45) is 0.929. The van der Waals surface area contributed by atoms with E-state index < -0.39 is 42.6 Å². The number of rotatable bonds is 16. The lowest BCUT2D eigenvalue weighted by atomic mass is 9.96. The number of hydrogen-bond donors (Lipinski definition) is 5. The van der Waals surface area contributed by atoms with Gasteiger partial charge in [-0.15, -0.1) is 0 Å². The lowest BCUT2D eigenvalue weighted by Gasteiger charge is -2.22. The van der Waals surface area contributed by atoms with Gasteiger partial charge in [-0.2, -0.15) is 0 Å². The first-order chi connectivity index (χ1) is 12.4. The summed E-state index contributed by atoms with van der Waals surface area (Å²) in [5.41, 5.74) is 0. The second-order valence-corrected chi connectivity index (χ2v) is 6.39. The van der Waals surface area contributed by atoms with E-state index in [-0.39, 0.29) is 6.42 Å². The maximum atomic E-state index is 11.8. The highest BCUT2D eigenvalue weighted by Crippen LogP contribution is 2.12. The van der Waals surface area contributed by atoms with Crippen molar-refractivity contribution in [2.75, 3.05) is 6.61 Å². The Morgan fingerprint density at radius 1 is 0.880 bits per heavy atom. The van der Waals surface area contributed by atoms with Crippen molar-refractivity contribution in [2.45, 2.75) is 95.5 Å². The van der Waals surface area contributed by atoms with E-state index in [0.29, 0.717) is 13.3 Å². The minimum Gasteiger partial charge on any atom is -0.394 e. The van der Waals surface area contributed by atoms with Crippen LogP contribution in [0.3, 0.4) is 0 Å². The second kappa shape index (κ2) is 14.3. The third kappa shape index (κ3) is 10.0. The summed E-state index contributed by atoms with van der Waals surface area (Å²) in [5, 5.41) is 46.5. The first-order valence-electron chi connectivity index (χ1n) is 9.76. The van der Waals surface area contributed by atoms with Gasteiger partial charge in [-0.25, -0.2) is 0 Å². The van der Waals surface area contributed by atoms with Crippen LogP contribution in [0.25, 0.3) is 0 Å². The molecule has 7 heteroatoms. The van der Waals surface area contributed by atoms with Crippen LogP contribution in [0, 0.1) is 0 Å². The average Bonchev–Trinajstić information content (AvgIpc) is 2.66. The molecule has 0 saturated carbocycles. The molecule has 0 aliphatic heterocycles. The van der Waals surface area contributed by atoms with Crippen LogP contribution in [0.15, 0.2) is 0 Å². The standard InChI is InChI=1S/C18H34O7/c1-2-3-4-5-6-7-8-9-10-11-13(20)15(22)17(24)18(25)16(23)14(21)12-19/h14-16,18-19,21-23,25H,2-12H2,1H3/t14-,15?,16-,18+/m1/s1/i1D. The summed E-state index contributed by atoms with van der Waals surface area (Å²) in [6, 6.07) is 0. The minimum atomic E-state index is -2.13. The molecule has 0 bridgehead atoms. The maximum absolute atomic E-state index is 11.8. The van der Waals surface area contributed by atoms with E-state index in [1.54, 1.807) is 0 Å². The van der Waals surface area contributed by atoms with Gasteiger partial charge in [0.25, 0.3) is 0 Å². The van der Waals surface area contributed by atoms with Gasteiger partial charge in [0.05, 0.1) is 6.61 Å². The Morgan fingerprint density at radius 2 is 1.40 bits per heavy atom. The van der Waals surface area contributed by atoms with E-state index >= 15 is 0 Å². The van der Waals surface area contributed by atoms with Crippen molar-refractivity contribution in [1.82, 2.24) is 0 Å². The molecule has 25 heavy (non-hydrogen) atoms. The van der Waals surface area contributed by atoms with Crippen LogP contribution in [0.2, 0.25) is 0 Å². The largest absolute Gasteiger partial charge is 0.394 e. The monoisotopic (exact) mass is 363 g/mol. The molecule has 0 amide bonds. The first kappa shape index (κ1) is 22.2. The van der Waals surface area contributed by atoms with Crippen LogP contribution < -0.4 is 0 Å². The summed E-state index contributed by atoms with van der Waals surface area (Å²) in [6.45, 7) is -0.375. The summed E-state index contributed by atoms with van der Waals surface area (Å²) < 4.78 is 7.04. The Bertz CT molecular complexity index is 392. The second-order valence-electron chi connectivity index (χ2n) is 6.39. The van der Waals surface area contributed by atoms with E-state index in [1.807, 2.05) is 0 Å². The predicted octanol–water partition coefficient (Wildman–Crippen LogP) is 0.481. The normalized spacial score (nSPS) is 16.8. The maximum Gasteiger partial charge on any atom is 0.199 e. The molecule has 0 fully saturated rings. The van der Waals surface area contributed by atoms with Gasteiger partial charge in [0.2, 0.25) is 0 Å². The number of Topliss-reactive ketones (excluding diaryl/α,β-unsaturated/α-hetero) is 2. The zero-order valence-electron chi connectivity index (χ0n) is 15.8. The fraction of sp³-hybridized carbons (Fsp3) is 0.889. The highest BCUT2D eigenvalue weighted by atomic mass is 16.4. The van der Waals surface area contributed by atoms with Crippen molar-refractivity contribution in [3.8, 4) is 0 Å². The van der Waals surface area contributed by atoms with Gasteiger partial charge in [0, 0.05) is 7.79 Å². The molecule has 4 atom stereocenters. The van der Waals surface area contributed by atoms with Crippen LogP contribution in [0.1, 0.15) is 72.5 Å². The molecule has 7 nitrogen and oxygen atoms in total. The van der Waals surface area contributed by atoms with Crippen LogP contribution in [-0.4, -0.2) is 68.1 Å². The third-order valence-corrected chi connectivity index (χ3v) is 4.19. The SMILES string of the molecule is [2H]CCCCCCCCCCCC(=O)C(O)C(=O)[C@@H](O)[C@H](O)[C@H](O)CO. The van der Waals surface area contributed by atoms with Crippen molar-refractivity contribution < 1.29 is 36.5 Å². The van der Waals surface area contributed by atoms with Gasteiger partial charge in [-0.05, 0) is 6.42 Å². The molecule has 0 saturated heterocycles. The Morgan fingerprint density at radius 3 is 1.92 bits per heavy atom. The zero-order chi connectivity index (χ0) is 19.9. The molecule has 5 N–H and O–H groups in total. The predicted molar refractivity (Wildman–Crippen MR) is 93.0 cm³/mol. The lowest BCUT2D eigenvalue weighted by molar-refractivity contribution is -0.153. The number of unbranched alkanes of at least 4 members (excludes halogenated alkanes) is 8. The average molecular weight is 363 g/mol. The summed E-state index contributed by atoms with van der Waals surface area (Å²) in [4.78, 5) is 23.5. The van der Waals surface area contributed by atoms with Crippen molar-refractivity contribution in [2.24, 2.45) is 0 Å². The number of carbonyl (C=O) groups is 2.